The minimum atomic E-state index is -3.71. The SMILES string of the molecule is Cc1cnc(C(=O)Cc2ccc(F)c([C@]3(C)CS(=O)(=O)C4(CCN(C)C4)C(N)=N3)c2)c(C)c1. The summed E-state index contributed by atoms with van der Waals surface area (Å²) in [7, 11) is -1.86. The number of ketones is 1. The first-order valence-electron chi connectivity index (χ1n) is 10.9. The smallest absolute Gasteiger partial charge is 0.185 e. The van der Waals surface area contributed by atoms with Gasteiger partial charge in [0.05, 0.1) is 5.75 Å². The number of Topliss-reactive ketones (excluding diaryl/α,β-unsaturated/α-hetero) is 1. The molecule has 7 nitrogen and oxygen atoms in total. The summed E-state index contributed by atoms with van der Waals surface area (Å²) in [6.07, 6.45) is 2.02. The number of amidine groups is 1. The van der Waals surface area contributed by atoms with Crippen molar-refractivity contribution < 1.29 is 17.6 Å². The molecular weight excluding hydrogens is 443 g/mol. The maximum absolute atomic E-state index is 15.0. The Morgan fingerprint density at radius 2 is 2.00 bits per heavy atom. The molecule has 1 saturated heterocycles. The fraction of sp³-hybridized carbons (Fsp3) is 0.458. The number of benzene rings is 1. The van der Waals surface area contributed by atoms with E-state index in [0.29, 0.717) is 24.2 Å². The number of nitrogens with zero attached hydrogens (tertiary/aromatic N) is 3. The molecule has 2 aliphatic heterocycles. The van der Waals surface area contributed by atoms with Crippen molar-refractivity contribution in [1.82, 2.24) is 9.88 Å². The summed E-state index contributed by atoms with van der Waals surface area (Å²) in [6, 6.07) is 6.20. The van der Waals surface area contributed by atoms with Crippen LogP contribution < -0.4 is 5.73 Å². The van der Waals surface area contributed by atoms with Gasteiger partial charge in [-0.05, 0) is 69.6 Å². The average molecular weight is 473 g/mol. The first-order valence-corrected chi connectivity index (χ1v) is 12.5. The Bertz CT molecular complexity index is 1280. The summed E-state index contributed by atoms with van der Waals surface area (Å²) in [6.45, 7) is 6.19. The number of sulfone groups is 1. The quantitative estimate of drug-likeness (QED) is 0.685. The van der Waals surface area contributed by atoms with Crippen molar-refractivity contribution in [3.05, 3.63) is 64.2 Å². The molecule has 2 N–H and O–H groups in total. The molecule has 1 spiro atoms. The van der Waals surface area contributed by atoms with Crippen molar-refractivity contribution in [3.63, 3.8) is 0 Å². The number of carbonyl (C=O) groups excluding carboxylic acids is 1. The molecule has 0 bridgehead atoms. The van der Waals surface area contributed by atoms with Gasteiger partial charge in [0, 0.05) is 24.7 Å². The van der Waals surface area contributed by atoms with E-state index < -0.39 is 25.9 Å². The normalized spacial score (nSPS) is 27.0. The number of nitrogens with two attached hydrogens (primary N) is 1. The molecule has 4 rings (SSSR count). The number of rotatable bonds is 4. The van der Waals surface area contributed by atoms with E-state index >= 15 is 0 Å². The maximum atomic E-state index is 15.0. The minimum absolute atomic E-state index is 0.0148. The average Bonchev–Trinajstić information content (AvgIpc) is 3.11. The number of aryl methyl sites for hydroxylation is 2. The van der Waals surface area contributed by atoms with E-state index in [9.17, 15) is 17.6 Å². The molecule has 33 heavy (non-hydrogen) atoms. The number of carbonyl (C=O) groups is 1. The van der Waals surface area contributed by atoms with Crippen molar-refractivity contribution in [1.29, 1.82) is 0 Å². The lowest BCUT2D eigenvalue weighted by Crippen LogP contribution is -2.59. The van der Waals surface area contributed by atoms with Gasteiger partial charge < -0.3 is 10.6 Å². The Morgan fingerprint density at radius 1 is 1.27 bits per heavy atom. The fourth-order valence-electron chi connectivity index (χ4n) is 5.01. The van der Waals surface area contributed by atoms with Crippen molar-refractivity contribution in [3.8, 4) is 0 Å². The van der Waals surface area contributed by atoms with Crippen LogP contribution in [0.25, 0.3) is 0 Å². The molecule has 1 fully saturated rings. The third-order valence-corrected chi connectivity index (χ3v) is 9.45. The number of aliphatic imine (C=N–C) groups is 1. The third kappa shape index (κ3) is 3.97. The van der Waals surface area contributed by atoms with Gasteiger partial charge in [0.15, 0.2) is 15.6 Å². The van der Waals surface area contributed by atoms with Crippen LogP contribution in [0.15, 0.2) is 35.5 Å². The molecule has 0 amide bonds. The monoisotopic (exact) mass is 472 g/mol. The van der Waals surface area contributed by atoms with Gasteiger partial charge in [-0.3, -0.25) is 14.8 Å². The van der Waals surface area contributed by atoms with Crippen LogP contribution in [-0.2, 0) is 21.8 Å². The molecule has 2 aromatic rings. The van der Waals surface area contributed by atoms with Gasteiger partial charge in [-0.15, -0.1) is 0 Å². The van der Waals surface area contributed by atoms with E-state index in [2.05, 4.69) is 9.98 Å². The van der Waals surface area contributed by atoms with Crippen LogP contribution in [-0.4, -0.2) is 60.6 Å². The van der Waals surface area contributed by atoms with Crippen LogP contribution in [0.5, 0.6) is 0 Å². The predicted molar refractivity (Wildman–Crippen MR) is 126 cm³/mol. The summed E-state index contributed by atoms with van der Waals surface area (Å²) in [5.41, 5.74) is 7.66. The molecular formula is C24H29FN4O3S. The second kappa shape index (κ2) is 7.99. The Labute approximate surface area is 193 Å². The number of likely N-dealkylation sites (tertiary alicyclic amines) is 1. The standard InChI is InChI=1S/C24H29FN4O3S/c1-15-9-16(2)21(27-12-15)20(30)11-17-5-6-19(25)18(10-17)23(3)14-33(31,32)24(22(26)28-23)7-8-29(4)13-24/h5-6,9-10,12H,7-8,11,13-14H2,1-4H3,(H2,26,28)/t23-,24?/m0/s1. The van der Waals surface area contributed by atoms with E-state index in [1.165, 1.54) is 18.2 Å². The number of hydrogen-bond acceptors (Lipinski definition) is 7. The lowest BCUT2D eigenvalue weighted by atomic mass is 9.90. The number of pyridine rings is 1. The zero-order valence-corrected chi connectivity index (χ0v) is 20.2. The summed E-state index contributed by atoms with van der Waals surface area (Å²) >= 11 is 0. The van der Waals surface area contributed by atoms with Crippen LogP contribution in [0, 0.1) is 19.7 Å². The Balaban J connectivity index is 1.70. The first-order chi connectivity index (χ1) is 15.4. The molecule has 9 heteroatoms. The van der Waals surface area contributed by atoms with Crippen molar-refractivity contribution in [2.45, 2.75) is 43.9 Å². The molecule has 2 atom stereocenters. The zero-order valence-electron chi connectivity index (χ0n) is 19.4. The number of aromatic nitrogens is 1. The molecule has 3 heterocycles. The van der Waals surface area contributed by atoms with Gasteiger partial charge in [-0.25, -0.2) is 12.8 Å². The van der Waals surface area contributed by atoms with Gasteiger partial charge in [-0.2, -0.15) is 0 Å². The summed E-state index contributed by atoms with van der Waals surface area (Å²) in [5, 5.41) is 0. The van der Waals surface area contributed by atoms with Gasteiger partial charge in [0.1, 0.15) is 27.6 Å². The summed E-state index contributed by atoms with van der Waals surface area (Å²) in [5.74, 6) is -1.09. The molecule has 1 unspecified atom stereocenters. The van der Waals surface area contributed by atoms with Crippen molar-refractivity contribution in [2.24, 2.45) is 10.7 Å². The van der Waals surface area contributed by atoms with E-state index in [1.807, 2.05) is 31.9 Å². The molecule has 176 valence electrons. The lowest BCUT2D eigenvalue weighted by Gasteiger charge is -2.39. The maximum Gasteiger partial charge on any atom is 0.185 e. The van der Waals surface area contributed by atoms with Crippen LogP contribution in [0.4, 0.5) is 4.39 Å². The fourth-order valence-corrected chi connectivity index (χ4v) is 7.43. The highest BCUT2D eigenvalue weighted by atomic mass is 32.2. The lowest BCUT2D eigenvalue weighted by molar-refractivity contribution is 0.0987. The highest BCUT2D eigenvalue weighted by Gasteiger charge is 2.57. The van der Waals surface area contributed by atoms with Crippen LogP contribution in [0.2, 0.25) is 0 Å². The van der Waals surface area contributed by atoms with E-state index in [1.54, 1.807) is 13.1 Å². The summed E-state index contributed by atoms with van der Waals surface area (Å²) in [4.78, 5) is 23.6. The third-order valence-electron chi connectivity index (χ3n) is 6.78. The Morgan fingerprint density at radius 3 is 2.61 bits per heavy atom. The Kier molecular flexibility index (Phi) is 5.69. The number of hydrogen-bond donors (Lipinski definition) is 1. The van der Waals surface area contributed by atoms with E-state index in [-0.39, 0.29) is 35.9 Å². The van der Waals surface area contributed by atoms with Gasteiger partial charge >= 0.3 is 0 Å². The second-order valence-corrected chi connectivity index (χ2v) is 11.9. The first kappa shape index (κ1) is 23.5. The van der Waals surface area contributed by atoms with Crippen molar-refractivity contribution in [2.75, 3.05) is 25.9 Å². The Hall–Kier alpha value is -2.65. The topological polar surface area (TPSA) is 106 Å². The molecule has 1 aromatic heterocycles. The largest absolute Gasteiger partial charge is 0.386 e. The van der Waals surface area contributed by atoms with Gasteiger partial charge in [0.2, 0.25) is 0 Å². The van der Waals surface area contributed by atoms with Crippen molar-refractivity contribution >= 4 is 21.5 Å². The van der Waals surface area contributed by atoms with Gasteiger partial charge in [0.25, 0.3) is 0 Å². The number of halogens is 1. The van der Waals surface area contributed by atoms with Crippen LogP contribution in [0.1, 0.15) is 46.1 Å². The van der Waals surface area contributed by atoms with E-state index in [4.69, 9.17) is 5.73 Å². The van der Waals surface area contributed by atoms with E-state index in [0.717, 1.165) is 11.1 Å². The molecule has 0 radical (unpaired) electrons. The molecule has 2 aliphatic rings. The zero-order chi connectivity index (χ0) is 24.2. The molecule has 1 aromatic carbocycles. The highest BCUT2D eigenvalue weighted by Crippen LogP contribution is 2.41. The second-order valence-electron chi connectivity index (χ2n) is 9.60. The molecule has 0 saturated carbocycles. The minimum Gasteiger partial charge on any atom is -0.386 e. The highest BCUT2D eigenvalue weighted by molar-refractivity contribution is 7.93. The summed E-state index contributed by atoms with van der Waals surface area (Å²) < 4.78 is 40.6. The molecule has 0 aliphatic carbocycles. The predicted octanol–water partition coefficient (Wildman–Crippen LogP) is 2.34. The van der Waals surface area contributed by atoms with Crippen LogP contribution in [0.3, 0.4) is 0 Å². The van der Waals surface area contributed by atoms with Gasteiger partial charge in [-0.1, -0.05) is 12.1 Å². The van der Waals surface area contributed by atoms with Crippen LogP contribution >= 0.6 is 0 Å².